The van der Waals surface area contributed by atoms with E-state index in [9.17, 15) is 15.0 Å². The number of aliphatic hydroxyl groups excluding tert-OH is 1. The molecule has 0 aromatic carbocycles. The first-order valence-electron chi connectivity index (χ1n) is 7.07. The van der Waals surface area contributed by atoms with Gasteiger partial charge in [0.25, 0.3) is 0 Å². The molecule has 0 amide bonds. The van der Waals surface area contributed by atoms with Crippen molar-refractivity contribution < 1.29 is 19.7 Å². The summed E-state index contributed by atoms with van der Waals surface area (Å²) in [5.74, 6) is -0.553. The Morgan fingerprint density at radius 2 is 1.95 bits per heavy atom. The Bertz CT molecular complexity index is 437. The van der Waals surface area contributed by atoms with E-state index in [2.05, 4.69) is 13.5 Å². The maximum atomic E-state index is 11.7. The molecule has 0 bridgehead atoms. The minimum atomic E-state index is -1.21. The van der Waals surface area contributed by atoms with Crippen LogP contribution in [0.25, 0.3) is 0 Å². The van der Waals surface area contributed by atoms with Crippen molar-refractivity contribution in [1.29, 1.82) is 0 Å². The van der Waals surface area contributed by atoms with Crippen molar-refractivity contribution in [3.8, 4) is 0 Å². The quantitative estimate of drug-likeness (QED) is 0.514. The lowest BCUT2D eigenvalue weighted by Gasteiger charge is -2.57. The minimum absolute atomic E-state index is 0.00218. The molecule has 1 saturated heterocycles. The maximum absolute atomic E-state index is 11.7. The number of carbonyl (C=O) groups excluding carboxylic acids is 1. The van der Waals surface area contributed by atoms with Crippen molar-refractivity contribution in [2.24, 2.45) is 17.3 Å². The summed E-state index contributed by atoms with van der Waals surface area (Å²) in [6.45, 7) is 7.65. The van der Waals surface area contributed by atoms with Crippen LogP contribution in [0, 0.1) is 17.3 Å². The molecular weight excluding hydrogens is 244 g/mol. The molecule has 3 aliphatic rings. The molecule has 6 atom stereocenters. The highest BCUT2D eigenvalue weighted by atomic mass is 16.6. The van der Waals surface area contributed by atoms with E-state index in [1.165, 1.54) is 0 Å². The topological polar surface area (TPSA) is 66.8 Å². The molecule has 106 valence electrons. The highest BCUT2D eigenvalue weighted by Crippen LogP contribution is 2.58. The molecule has 2 aliphatic carbocycles. The van der Waals surface area contributed by atoms with Gasteiger partial charge in [0.2, 0.25) is 0 Å². The van der Waals surface area contributed by atoms with Gasteiger partial charge in [-0.15, -0.1) is 0 Å². The fourth-order valence-electron chi connectivity index (χ4n) is 4.59. The van der Waals surface area contributed by atoms with Gasteiger partial charge in [0.1, 0.15) is 6.10 Å². The normalized spacial score (nSPS) is 53.5. The lowest BCUT2D eigenvalue weighted by molar-refractivity contribution is -0.217. The van der Waals surface area contributed by atoms with E-state index in [0.29, 0.717) is 12.0 Å². The van der Waals surface area contributed by atoms with E-state index in [-0.39, 0.29) is 29.3 Å². The van der Waals surface area contributed by atoms with Gasteiger partial charge in [-0.05, 0) is 38.0 Å². The van der Waals surface area contributed by atoms with Crippen LogP contribution >= 0.6 is 0 Å². The number of aliphatic hydroxyl groups is 2. The maximum Gasteiger partial charge on any atom is 0.334 e. The highest BCUT2D eigenvalue weighted by molar-refractivity contribution is 5.90. The molecular formula is C15H22O4. The fraction of sp³-hybridized carbons (Fsp3) is 0.800. The van der Waals surface area contributed by atoms with Crippen molar-refractivity contribution in [3.63, 3.8) is 0 Å². The van der Waals surface area contributed by atoms with Crippen molar-refractivity contribution in [2.75, 3.05) is 0 Å². The summed E-state index contributed by atoms with van der Waals surface area (Å²) in [6, 6.07) is 0. The number of hydrogen-bond donors (Lipinski definition) is 2. The molecule has 19 heavy (non-hydrogen) atoms. The predicted molar refractivity (Wildman–Crippen MR) is 69.2 cm³/mol. The smallest absolute Gasteiger partial charge is 0.334 e. The molecule has 2 saturated carbocycles. The minimum Gasteiger partial charge on any atom is -0.458 e. The summed E-state index contributed by atoms with van der Waals surface area (Å²) in [6.07, 6.45) is 2.21. The van der Waals surface area contributed by atoms with Crippen molar-refractivity contribution in [1.82, 2.24) is 0 Å². The van der Waals surface area contributed by atoms with Crippen LogP contribution in [0.3, 0.4) is 0 Å². The van der Waals surface area contributed by atoms with Crippen molar-refractivity contribution in [2.45, 2.75) is 57.3 Å². The van der Waals surface area contributed by atoms with Gasteiger partial charge in [-0.25, -0.2) is 4.79 Å². The molecule has 1 aliphatic heterocycles. The first-order valence-corrected chi connectivity index (χ1v) is 7.07. The van der Waals surface area contributed by atoms with Crippen molar-refractivity contribution in [3.05, 3.63) is 12.2 Å². The first kappa shape index (κ1) is 13.1. The average Bonchev–Trinajstić information content (AvgIpc) is 2.60. The summed E-state index contributed by atoms with van der Waals surface area (Å²) in [4.78, 5) is 11.7. The zero-order valence-corrected chi connectivity index (χ0v) is 11.6. The van der Waals surface area contributed by atoms with Gasteiger partial charge in [0.15, 0.2) is 0 Å². The number of rotatable bonds is 0. The standard InChI is InChI=1S/C15H22O4/c1-8-9-4-6-14(2)7-5-10(16)15(3,18)12(14)11(9)19-13(8)17/h9-12,16,18H,1,4-7H2,2-3H3. The van der Waals surface area contributed by atoms with E-state index >= 15 is 0 Å². The summed E-state index contributed by atoms with van der Waals surface area (Å²) < 4.78 is 5.49. The Labute approximate surface area is 113 Å². The van der Waals surface area contributed by atoms with Gasteiger partial charge in [-0.2, -0.15) is 0 Å². The molecule has 6 unspecified atom stereocenters. The summed E-state index contributed by atoms with van der Waals surface area (Å²) in [5.41, 5.74) is -0.751. The Morgan fingerprint density at radius 3 is 2.63 bits per heavy atom. The summed E-state index contributed by atoms with van der Waals surface area (Å²) >= 11 is 0. The third-order valence-electron chi connectivity index (χ3n) is 5.75. The summed E-state index contributed by atoms with van der Waals surface area (Å²) in [7, 11) is 0. The van der Waals surface area contributed by atoms with E-state index in [4.69, 9.17) is 4.74 Å². The molecule has 3 fully saturated rings. The van der Waals surface area contributed by atoms with Crippen LogP contribution in [-0.2, 0) is 9.53 Å². The molecule has 2 N–H and O–H groups in total. The zero-order chi connectivity index (χ0) is 14.0. The predicted octanol–water partition coefficient (Wildman–Crippen LogP) is 1.41. The first-order chi connectivity index (χ1) is 8.77. The fourth-order valence-corrected chi connectivity index (χ4v) is 4.59. The second kappa shape index (κ2) is 3.83. The number of carbonyl (C=O) groups is 1. The third kappa shape index (κ3) is 1.62. The van der Waals surface area contributed by atoms with Crippen LogP contribution in [0.15, 0.2) is 12.2 Å². The highest BCUT2D eigenvalue weighted by Gasteiger charge is 2.62. The lowest BCUT2D eigenvalue weighted by atomic mass is 9.51. The molecule has 0 radical (unpaired) electrons. The Balaban J connectivity index is 2.02. The van der Waals surface area contributed by atoms with Crippen LogP contribution < -0.4 is 0 Å². The van der Waals surface area contributed by atoms with Crippen LogP contribution in [-0.4, -0.2) is 34.0 Å². The lowest BCUT2D eigenvalue weighted by Crippen LogP contribution is -2.63. The molecule has 0 aromatic rings. The Hall–Kier alpha value is -0.870. The molecule has 1 heterocycles. The van der Waals surface area contributed by atoms with Crippen LogP contribution in [0.5, 0.6) is 0 Å². The molecule has 4 heteroatoms. The zero-order valence-electron chi connectivity index (χ0n) is 11.6. The average molecular weight is 266 g/mol. The molecule has 4 nitrogen and oxygen atoms in total. The van der Waals surface area contributed by atoms with E-state index in [0.717, 1.165) is 19.3 Å². The van der Waals surface area contributed by atoms with Crippen LogP contribution in [0.4, 0.5) is 0 Å². The van der Waals surface area contributed by atoms with Crippen molar-refractivity contribution >= 4 is 5.97 Å². The van der Waals surface area contributed by atoms with E-state index in [1.54, 1.807) is 6.92 Å². The van der Waals surface area contributed by atoms with E-state index < -0.39 is 11.7 Å². The molecule has 0 aromatic heterocycles. The van der Waals surface area contributed by atoms with Gasteiger partial charge in [-0.3, -0.25) is 0 Å². The number of hydrogen-bond acceptors (Lipinski definition) is 4. The van der Waals surface area contributed by atoms with Gasteiger partial charge in [0.05, 0.1) is 11.7 Å². The number of ether oxygens (including phenoxy) is 1. The van der Waals surface area contributed by atoms with Crippen LogP contribution in [0.2, 0.25) is 0 Å². The van der Waals surface area contributed by atoms with Gasteiger partial charge < -0.3 is 14.9 Å². The van der Waals surface area contributed by atoms with Gasteiger partial charge in [0, 0.05) is 17.4 Å². The number of esters is 1. The number of fused-ring (bicyclic) bond motifs is 3. The van der Waals surface area contributed by atoms with E-state index in [1.807, 2.05) is 0 Å². The van der Waals surface area contributed by atoms with Gasteiger partial charge in [-0.1, -0.05) is 13.5 Å². The van der Waals surface area contributed by atoms with Crippen LogP contribution in [0.1, 0.15) is 39.5 Å². The summed E-state index contributed by atoms with van der Waals surface area (Å²) in [5, 5.41) is 20.9. The molecule has 0 spiro atoms. The monoisotopic (exact) mass is 266 g/mol. The third-order valence-corrected chi connectivity index (χ3v) is 5.75. The SMILES string of the molecule is C=C1C(=O)OC2C1CCC1(C)CCC(O)C(C)(O)C21. The second-order valence-corrected chi connectivity index (χ2v) is 6.95. The second-order valence-electron chi connectivity index (χ2n) is 6.95. The Morgan fingerprint density at radius 1 is 1.32 bits per heavy atom. The largest absolute Gasteiger partial charge is 0.458 e. The van der Waals surface area contributed by atoms with Gasteiger partial charge >= 0.3 is 5.97 Å². The Kier molecular flexibility index (Phi) is 2.64. The molecule has 3 rings (SSSR count).